The number of benzene rings is 2. The molecule has 0 saturated heterocycles. The van der Waals surface area contributed by atoms with Gasteiger partial charge in [-0.3, -0.25) is 9.35 Å². The van der Waals surface area contributed by atoms with Gasteiger partial charge in [0.15, 0.2) is 5.78 Å². The summed E-state index contributed by atoms with van der Waals surface area (Å²) in [5.74, 6) is -0.517. The molecule has 0 spiro atoms. The summed E-state index contributed by atoms with van der Waals surface area (Å²) in [6.45, 7) is 0.611. The zero-order chi connectivity index (χ0) is 18.3. The van der Waals surface area contributed by atoms with Gasteiger partial charge in [-0.2, -0.15) is 8.42 Å². The van der Waals surface area contributed by atoms with Gasteiger partial charge < -0.3 is 10.5 Å². The molecule has 3 N–H and O–H groups in total. The van der Waals surface area contributed by atoms with Gasteiger partial charge in [0.25, 0.3) is 10.1 Å². The van der Waals surface area contributed by atoms with Crippen LogP contribution in [0.5, 0.6) is 0 Å². The van der Waals surface area contributed by atoms with Crippen molar-refractivity contribution in [2.75, 3.05) is 12.4 Å². The molecule has 1 unspecified atom stereocenters. The first-order chi connectivity index (χ1) is 11.8. The number of ether oxygens (including phenoxy) is 1. The molecule has 25 heavy (non-hydrogen) atoms. The first-order valence-electron chi connectivity index (χ1n) is 7.82. The summed E-state index contributed by atoms with van der Waals surface area (Å²) in [6, 6.07) is 15.5. The van der Waals surface area contributed by atoms with Crippen LogP contribution in [-0.2, 0) is 21.5 Å². The molecular formula is C18H21NO5S. The Balaban J connectivity index is 1.80. The van der Waals surface area contributed by atoms with Gasteiger partial charge in [0, 0.05) is 23.8 Å². The molecule has 0 aromatic heterocycles. The van der Waals surface area contributed by atoms with Crippen LogP contribution in [0.3, 0.4) is 0 Å². The first kappa shape index (κ1) is 19.3. The molecule has 0 amide bonds. The molecule has 7 heteroatoms. The minimum Gasteiger partial charge on any atom is -0.377 e. The van der Waals surface area contributed by atoms with E-state index in [0.29, 0.717) is 24.2 Å². The van der Waals surface area contributed by atoms with Gasteiger partial charge in [-0.05, 0) is 12.0 Å². The Morgan fingerprint density at radius 2 is 1.64 bits per heavy atom. The van der Waals surface area contributed by atoms with Gasteiger partial charge in [0.2, 0.25) is 0 Å². The predicted molar refractivity (Wildman–Crippen MR) is 95.0 cm³/mol. The highest BCUT2D eigenvalue weighted by Gasteiger charge is 2.12. The van der Waals surface area contributed by atoms with Crippen LogP contribution in [0.25, 0.3) is 0 Å². The van der Waals surface area contributed by atoms with E-state index < -0.39 is 21.9 Å². The molecule has 0 heterocycles. The van der Waals surface area contributed by atoms with E-state index in [1.54, 1.807) is 24.3 Å². The van der Waals surface area contributed by atoms with Crippen LogP contribution in [0.1, 0.15) is 27.9 Å². The quantitative estimate of drug-likeness (QED) is 0.401. The van der Waals surface area contributed by atoms with Gasteiger partial charge in [-0.25, -0.2) is 0 Å². The third kappa shape index (κ3) is 6.75. The Morgan fingerprint density at radius 3 is 2.24 bits per heavy atom. The summed E-state index contributed by atoms with van der Waals surface area (Å²) in [5, 5.41) is 0. The fourth-order valence-electron chi connectivity index (χ4n) is 2.29. The molecular weight excluding hydrogens is 342 g/mol. The van der Waals surface area contributed by atoms with Crippen molar-refractivity contribution in [1.82, 2.24) is 0 Å². The number of hydrogen-bond donors (Lipinski definition) is 2. The fraction of sp³-hybridized carbons (Fsp3) is 0.278. The van der Waals surface area contributed by atoms with Gasteiger partial charge >= 0.3 is 0 Å². The second kappa shape index (κ2) is 8.87. The van der Waals surface area contributed by atoms with Crippen molar-refractivity contribution in [1.29, 1.82) is 0 Å². The number of nitrogens with two attached hydrogens (primary N) is 1. The summed E-state index contributed by atoms with van der Waals surface area (Å²) >= 11 is 0. The van der Waals surface area contributed by atoms with Crippen LogP contribution in [0.4, 0.5) is 0 Å². The SMILES string of the molecule is NC(CCOCc1ccc(C(=O)c2ccccc2)cc1)CS(=O)(=O)O. The highest BCUT2D eigenvalue weighted by Crippen LogP contribution is 2.12. The van der Waals surface area contributed by atoms with E-state index in [9.17, 15) is 13.2 Å². The van der Waals surface area contributed by atoms with Gasteiger partial charge in [0.05, 0.1) is 12.4 Å². The Kier molecular flexibility index (Phi) is 6.83. The highest BCUT2D eigenvalue weighted by atomic mass is 32.2. The molecule has 0 aliphatic rings. The van der Waals surface area contributed by atoms with Crippen molar-refractivity contribution < 1.29 is 22.5 Å². The average molecular weight is 363 g/mol. The van der Waals surface area contributed by atoms with Crippen LogP contribution >= 0.6 is 0 Å². The zero-order valence-electron chi connectivity index (χ0n) is 13.7. The van der Waals surface area contributed by atoms with Gasteiger partial charge in [-0.1, -0.05) is 54.6 Å². The maximum absolute atomic E-state index is 12.3. The minimum absolute atomic E-state index is 0.0377. The number of carbonyl (C=O) groups is 1. The molecule has 0 bridgehead atoms. The Hall–Kier alpha value is -2.06. The van der Waals surface area contributed by atoms with Crippen molar-refractivity contribution >= 4 is 15.9 Å². The topological polar surface area (TPSA) is 107 Å². The maximum atomic E-state index is 12.3. The standard InChI is InChI=1S/C18H21NO5S/c19-17(13-25(21,22)23)10-11-24-12-14-6-8-16(9-7-14)18(20)15-4-2-1-3-5-15/h1-9,17H,10-13,19H2,(H,21,22,23). The van der Waals surface area contributed by atoms with E-state index in [4.69, 9.17) is 15.0 Å². The molecule has 0 aliphatic heterocycles. The molecule has 2 aromatic rings. The Labute approximate surface area is 147 Å². The van der Waals surface area contributed by atoms with Crippen LogP contribution in [-0.4, -0.2) is 37.2 Å². The monoisotopic (exact) mass is 363 g/mol. The predicted octanol–water partition coefficient (Wildman–Crippen LogP) is 2.04. The second-order valence-electron chi connectivity index (χ2n) is 5.74. The Bertz CT molecular complexity index is 788. The third-order valence-electron chi connectivity index (χ3n) is 3.58. The summed E-state index contributed by atoms with van der Waals surface area (Å²) in [6.07, 6.45) is 0.324. The zero-order valence-corrected chi connectivity index (χ0v) is 14.5. The molecule has 0 saturated carbocycles. The average Bonchev–Trinajstić information content (AvgIpc) is 2.58. The van der Waals surface area contributed by atoms with Crippen LogP contribution < -0.4 is 5.73 Å². The lowest BCUT2D eigenvalue weighted by Crippen LogP contribution is -2.30. The summed E-state index contributed by atoms with van der Waals surface area (Å²) < 4.78 is 35.5. The number of ketones is 1. The fourth-order valence-corrected chi connectivity index (χ4v) is 2.99. The highest BCUT2D eigenvalue weighted by molar-refractivity contribution is 7.85. The van der Waals surface area contributed by atoms with Crippen molar-refractivity contribution in [3.63, 3.8) is 0 Å². The van der Waals surface area contributed by atoms with Crippen LogP contribution in [0.2, 0.25) is 0 Å². The maximum Gasteiger partial charge on any atom is 0.266 e. The number of carbonyl (C=O) groups excluding carboxylic acids is 1. The van der Waals surface area contributed by atoms with Crippen molar-refractivity contribution in [2.24, 2.45) is 5.73 Å². The first-order valence-corrected chi connectivity index (χ1v) is 9.43. The second-order valence-corrected chi connectivity index (χ2v) is 7.24. The summed E-state index contributed by atoms with van der Waals surface area (Å²) in [4.78, 5) is 12.3. The van der Waals surface area contributed by atoms with Crippen molar-refractivity contribution in [3.8, 4) is 0 Å². The summed E-state index contributed by atoms with van der Waals surface area (Å²) in [7, 11) is -4.06. The molecule has 2 aromatic carbocycles. The lowest BCUT2D eigenvalue weighted by molar-refractivity contribution is 0.103. The molecule has 134 valence electrons. The van der Waals surface area contributed by atoms with E-state index in [0.717, 1.165) is 5.56 Å². The largest absolute Gasteiger partial charge is 0.377 e. The minimum atomic E-state index is -4.06. The van der Waals surface area contributed by atoms with E-state index in [2.05, 4.69) is 0 Å². The molecule has 1 atom stereocenters. The molecule has 2 rings (SSSR count). The lowest BCUT2D eigenvalue weighted by atomic mass is 10.0. The third-order valence-corrected chi connectivity index (χ3v) is 4.43. The van der Waals surface area contributed by atoms with Crippen LogP contribution in [0.15, 0.2) is 54.6 Å². The van der Waals surface area contributed by atoms with E-state index >= 15 is 0 Å². The van der Waals surface area contributed by atoms with Gasteiger partial charge in [-0.15, -0.1) is 0 Å². The van der Waals surface area contributed by atoms with E-state index in [1.165, 1.54) is 0 Å². The normalized spacial score (nSPS) is 12.7. The molecule has 0 aliphatic carbocycles. The smallest absolute Gasteiger partial charge is 0.266 e. The van der Waals surface area contributed by atoms with Crippen LogP contribution in [0, 0.1) is 0 Å². The molecule has 0 fully saturated rings. The van der Waals surface area contributed by atoms with E-state index in [1.807, 2.05) is 30.3 Å². The van der Waals surface area contributed by atoms with Crippen molar-refractivity contribution in [3.05, 3.63) is 71.3 Å². The van der Waals surface area contributed by atoms with Crippen molar-refractivity contribution in [2.45, 2.75) is 19.1 Å². The lowest BCUT2D eigenvalue weighted by Gasteiger charge is -2.10. The van der Waals surface area contributed by atoms with Gasteiger partial charge in [0.1, 0.15) is 0 Å². The Morgan fingerprint density at radius 1 is 1.04 bits per heavy atom. The summed E-state index contributed by atoms with van der Waals surface area (Å²) in [5.41, 5.74) is 7.73. The molecule has 0 radical (unpaired) electrons. The van der Waals surface area contributed by atoms with E-state index in [-0.39, 0.29) is 12.4 Å². The number of rotatable bonds is 9. The number of hydrogen-bond acceptors (Lipinski definition) is 5. The molecule has 6 nitrogen and oxygen atoms in total.